The highest BCUT2D eigenvalue weighted by Gasteiger charge is 2.13. The average Bonchev–Trinajstić information content (AvgIpc) is 2.01. The molecule has 3 heteroatoms. The van der Waals surface area contributed by atoms with Crippen molar-refractivity contribution in [1.29, 1.82) is 0 Å². The molecule has 0 saturated heterocycles. The Morgan fingerprint density at radius 3 is 2.43 bits per heavy atom. The van der Waals surface area contributed by atoms with Gasteiger partial charge in [0.2, 0.25) is 5.91 Å². The number of rotatable bonds is 5. The molecule has 0 bridgehead atoms. The normalized spacial score (nSPS) is 12.4. The van der Waals surface area contributed by atoms with Crippen molar-refractivity contribution in [3.8, 4) is 0 Å². The van der Waals surface area contributed by atoms with Gasteiger partial charge in [-0.05, 0) is 26.2 Å². The molecule has 0 unspecified atom stereocenters. The Labute approximate surface area is 86.8 Å². The largest absolute Gasteiger partial charge is 0.351 e. The molecule has 0 aliphatic carbocycles. The minimum Gasteiger partial charge on any atom is -0.351 e. The third-order valence-corrected chi connectivity index (χ3v) is 1.85. The monoisotopic (exact) mass is 198 g/mol. The summed E-state index contributed by atoms with van der Waals surface area (Å²) < 4.78 is 0. The maximum Gasteiger partial charge on any atom is 0.237 e. The lowest BCUT2D eigenvalue weighted by atomic mass is 10.0. The summed E-state index contributed by atoms with van der Waals surface area (Å²) in [4.78, 5) is 11.4. The van der Waals surface area contributed by atoms with Gasteiger partial charge in [-0.3, -0.25) is 4.79 Å². The summed E-state index contributed by atoms with van der Waals surface area (Å²) in [7, 11) is 0. The predicted octanol–water partition coefficient (Wildman–Crippen LogP) is 1.44. The Bertz CT molecular complexity index is 205. The van der Waals surface area contributed by atoms with E-state index in [-0.39, 0.29) is 11.9 Å². The van der Waals surface area contributed by atoms with E-state index in [0.29, 0.717) is 12.5 Å². The first-order chi connectivity index (χ1) is 6.43. The topological polar surface area (TPSA) is 55.1 Å². The molecule has 82 valence electrons. The number of amides is 1. The van der Waals surface area contributed by atoms with E-state index in [9.17, 15) is 4.79 Å². The Morgan fingerprint density at radius 2 is 2.00 bits per heavy atom. The van der Waals surface area contributed by atoms with Gasteiger partial charge in [-0.25, -0.2) is 0 Å². The number of hydrogen-bond acceptors (Lipinski definition) is 2. The van der Waals surface area contributed by atoms with Crippen molar-refractivity contribution in [1.82, 2.24) is 5.32 Å². The van der Waals surface area contributed by atoms with Gasteiger partial charge < -0.3 is 11.1 Å². The van der Waals surface area contributed by atoms with E-state index in [0.717, 1.165) is 6.42 Å². The summed E-state index contributed by atoms with van der Waals surface area (Å²) in [5.41, 5.74) is 6.90. The molecule has 0 aliphatic rings. The summed E-state index contributed by atoms with van der Waals surface area (Å²) in [5.74, 6) is 0.399. The van der Waals surface area contributed by atoms with Gasteiger partial charge >= 0.3 is 0 Å². The SMILES string of the molecule is CC(C)=CCNC(=O)[C@@H](N)CC(C)C. The quantitative estimate of drug-likeness (QED) is 0.657. The standard InChI is InChI=1S/C11H22N2O/c1-8(2)5-6-13-11(14)10(12)7-9(3)4/h5,9-10H,6-7,12H2,1-4H3,(H,13,14)/t10-/m0/s1. The molecule has 3 N–H and O–H groups in total. The molecule has 0 rings (SSSR count). The fourth-order valence-corrected chi connectivity index (χ4v) is 1.10. The van der Waals surface area contributed by atoms with Crippen LogP contribution >= 0.6 is 0 Å². The van der Waals surface area contributed by atoms with Gasteiger partial charge in [-0.2, -0.15) is 0 Å². The summed E-state index contributed by atoms with van der Waals surface area (Å²) in [6, 6.07) is -0.374. The summed E-state index contributed by atoms with van der Waals surface area (Å²) in [6.45, 7) is 8.69. The predicted molar refractivity (Wildman–Crippen MR) is 59.9 cm³/mol. The first-order valence-electron chi connectivity index (χ1n) is 5.10. The number of allylic oxidation sites excluding steroid dienone is 1. The Balaban J connectivity index is 3.79. The fourth-order valence-electron chi connectivity index (χ4n) is 1.10. The molecule has 0 saturated carbocycles. The van der Waals surface area contributed by atoms with Crippen molar-refractivity contribution >= 4 is 5.91 Å². The Hall–Kier alpha value is -0.830. The molecule has 0 fully saturated rings. The van der Waals surface area contributed by atoms with Gasteiger partial charge in [0.1, 0.15) is 0 Å². The lowest BCUT2D eigenvalue weighted by molar-refractivity contribution is -0.122. The number of carbonyl (C=O) groups excluding carboxylic acids is 1. The van der Waals surface area contributed by atoms with Gasteiger partial charge in [0.25, 0.3) is 0 Å². The van der Waals surface area contributed by atoms with Crippen LogP contribution < -0.4 is 11.1 Å². The highest BCUT2D eigenvalue weighted by atomic mass is 16.2. The molecule has 0 aromatic carbocycles. The van der Waals surface area contributed by atoms with Crippen LogP contribution in [0.1, 0.15) is 34.1 Å². The zero-order valence-electron chi connectivity index (χ0n) is 9.63. The molecule has 0 heterocycles. The first-order valence-corrected chi connectivity index (χ1v) is 5.10. The lowest BCUT2D eigenvalue weighted by Gasteiger charge is -2.13. The van der Waals surface area contributed by atoms with Crippen LogP contribution in [0.25, 0.3) is 0 Å². The van der Waals surface area contributed by atoms with Crippen molar-refractivity contribution in [2.24, 2.45) is 11.7 Å². The van der Waals surface area contributed by atoms with Crippen LogP contribution in [0.15, 0.2) is 11.6 Å². The third-order valence-electron chi connectivity index (χ3n) is 1.85. The van der Waals surface area contributed by atoms with Gasteiger partial charge in [0, 0.05) is 6.54 Å². The fraction of sp³-hybridized carbons (Fsp3) is 0.727. The van der Waals surface area contributed by atoms with Crippen molar-refractivity contribution in [3.63, 3.8) is 0 Å². The van der Waals surface area contributed by atoms with E-state index >= 15 is 0 Å². The Kier molecular flexibility index (Phi) is 6.21. The summed E-state index contributed by atoms with van der Waals surface area (Å²) >= 11 is 0. The van der Waals surface area contributed by atoms with Crippen LogP contribution in [0, 0.1) is 5.92 Å². The highest BCUT2D eigenvalue weighted by molar-refractivity contribution is 5.81. The van der Waals surface area contributed by atoms with Crippen molar-refractivity contribution < 1.29 is 4.79 Å². The molecule has 0 aromatic rings. The van der Waals surface area contributed by atoms with Gasteiger partial charge in [0.15, 0.2) is 0 Å². The van der Waals surface area contributed by atoms with Crippen LogP contribution in [0.3, 0.4) is 0 Å². The second-order valence-electron chi connectivity index (χ2n) is 4.26. The second kappa shape index (κ2) is 6.60. The summed E-state index contributed by atoms with van der Waals surface area (Å²) in [6.07, 6.45) is 2.71. The van der Waals surface area contributed by atoms with Crippen LogP contribution in [0.5, 0.6) is 0 Å². The third kappa shape index (κ3) is 6.66. The van der Waals surface area contributed by atoms with Gasteiger partial charge in [0.05, 0.1) is 6.04 Å². The second-order valence-corrected chi connectivity index (χ2v) is 4.26. The zero-order valence-corrected chi connectivity index (χ0v) is 9.63. The minimum absolute atomic E-state index is 0.0591. The molecular formula is C11H22N2O. The zero-order chi connectivity index (χ0) is 11.1. The molecule has 1 amide bonds. The number of nitrogens with two attached hydrogens (primary N) is 1. The van der Waals surface area contributed by atoms with E-state index in [4.69, 9.17) is 5.73 Å². The number of hydrogen-bond donors (Lipinski definition) is 2. The number of nitrogens with one attached hydrogen (secondary N) is 1. The highest BCUT2D eigenvalue weighted by Crippen LogP contribution is 2.02. The van der Waals surface area contributed by atoms with Crippen LogP contribution in [-0.4, -0.2) is 18.5 Å². The molecule has 1 atom stereocenters. The molecule has 14 heavy (non-hydrogen) atoms. The van der Waals surface area contributed by atoms with Crippen molar-refractivity contribution in [2.45, 2.75) is 40.2 Å². The molecule has 0 aromatic heterocycles. The van der Waals surface area contributed by atoms with Gasteiger partial charge in [-0.1, -0.05) is 25.5 Å². The van der Waals surface area contributed by atoms with Crippen molar-refractivity contribution in [3.05, 3.63) is 11.6 Å². The van der Waals surface area contributed by atoms with Crippen molar-refractivity contribution in [2.75, 3.05) is 6.54 Å². The smallest absolute Gasteiger partial charge is 0.237 e. The first kappa shape index (κ1) is 13.2. The Morgan fingerprint density at radius 1 is 1.43 bits per heavy atom. The van der Waals surface area contributed by atoms with E-state index in [1.807, 2.05) is 19.9 Å². The van der Waals surface area contributed by atoms with Crippen LogP contribution in [0.4, 0.5) is 0 Å². The lowest BCUT2D eigenvalue weighted by Crippen LogP contribution is -2.41. The minimum atomic E-state index is -0.374. The van der Waals surface area contributed by atoms with E-state index in [1.165, 1.54) is 5.57 Å². The van der Waals surface area contributed by atoms with Crippen LogP contribution in [-0.2, 0) is 4.79 Å². The maximum atomic E-state index is 11.4. The van der Waals surface area contributed by atoms with E-state index < -0.39 is 0 Å². The average molecular weight is 198 g/mol. The van der Waals surface area contributed by atoms with Gasteiger partial charge in [-0.15, -0.1) is 0 Å². The molecule has 0 aliphatic heterocycles. The maximum absolute atomic E-state index is 11.4. The number of carbonyl (C=O) groups is 1. The molecule has 3 nitrogen and oxygen atoms in total. The van der Waals surface area contributed by atoms with E-state index in [1.54, 1.807) is 0 Å². The molecular weight excluding hydrogens is 176 g/mol. The molecule has 0 radical (unpaired) electrons. The van der Waals surface area contributed by atoms with E-state index in [2.05, 4.69) is 19.2 Å². The molecule has 0 spiro atoms. The summed E-state index contributed by atoms with van der Waals surface area (Å²) in [5, 5.41) is 2.78. The van der Waals surface area contributed by atoms with Crippen LogP contribution in [0.2, 0.25) is 0 Å².